The average Bonchev–Trinajstić information content (AvgIpc) is 3.39. The predicted molar refractivity (Wildman–Crippen MR) is 115 cm³/mol. The minimum Gasteiger partial charge on any atom is -0.322 e. The average molecular weight is 454 g/mol. The first-order chi connectivity index (χ1) is 15.2. The summed E-state index contributed by atoms with van der Waals surface area (Å²) in [6.07, 6.45) is 6.45. The molecule has 0 atom stereocenters. The molecule has 1 aromatic carbocycles. The molecule has 4 aromatic heterocycles. The number of aromatic nitrogens is 8. The number of hydrogen-bond donors (Lipinski definition) is 0. The number of rotatable bonds is 5. The molecule has 0 bridgehead atoms. The van der Waals surface area contributed by atoms with Gasteiger partial charge in [0.15, 0.2) is 0 Å². The molecule has 12 heteroatoms. The van der Waals surface area contributed by atoms with Crippen LogP contribution in [0, 0.1) is 0 Å². The number of halogens is 2. The molecule has 0 aliphatic rings. The number of nitrogens with zero attached hydrogens (tertiary/aromatic N) is 8. The van der Waals surface area contributed by atoms with Crippen molar-refractivity contribution in [1.82, 2.24) is 39.7 Å². The Morgan fingerprint density at radius 1 is 1.12 bits per heavy atom. The van der Waals surface area contributed by atoms with E-state index in [1.165, 1.54) is 35.3 Å². The number of hydrogen-bond acceptors (Lipinski definition) is 7. The lowest BCUT2D eigenvalue weighted by molar-refractivity contribution is -0.0458. The molecule has 0 radical (unpaired) electrons. The lowest BCUT2D eigenvalue weighted by Crippen LogP contribution is -2.26. The van der Waals surface area contributed by atoms with E-state index in [9.17, 15) is 4.57 Å². The number of fused-ring (bicyclic) bond motifs is 2. The minimum atomic E-state index is -3.52. The summed E-state index contributed by atoms with van der Waals surface area (Å²) in [6.45, 7) is 3.32. The predicted octanol–water partition coefficient (Wildman–Crippen LogP) is 3.81. The first-order valence-corrected chi connectivity index (χ1v) is 12.4. The van der Waals surface area contributed by atoms with Crippen LogP contribution in [0.3, 0.4) is 0 Å². The highest BCUT2D eigenvalue weighted by Gasteiger charge is 2.38. The number of benzene rings is 1. The highest BCUT2D eigenvalue weighted by molar-refractivity contribution is 7.61. The third-order valence-corrected chi connectivity index (χ3v) is 5.77. The van der Waals surface area contributed by atoms with Crippen molar-refractivity contribution in [3.63, 3.8) is 0 Å². The van der Waals surface area contributed by atoms with E-state index in [1.54, 1.807) is 37.9 Å². The summed E-state index contributed by atoms with van der Waals surface area (Å²) in [7, 11) is -2.34. The van der Waals surface area contributed by atoms with Gasteiger partial charge in [-0.05, 0) is 37.6 Å². The van der Waals surface area contributed by atoms with Crippen molar-refractivity contribution in [2.75, 3.05) is 13.3 Å². The van der Waals surface area contributed by atoms with Gasteiger partial charge in [0, 0.05) is 28.9 Å². The van der Waals surface area contributed by atoms with Gasteiger partial charge in [0.2, 0.25) is 11.3 Å². The van der Waals surface area contributed by atoms with Gasteiger partial charge >= 0.3 is 6.05 Å². The molecule has 162 valence electrons. The second-order valence-electron chi connectivity index (χ2n) is 7.84. The number of pyridine rings is 1. The maximum Gasteiger partial charge on any atom is 0.373 e. The Labute approximate surface area is 180 Å². The van der Waals surface area contributed by atoms with Crippen LogP contribution in [-0.4, -0.2) is 53.1 Å². The molecule has 9 nitrogen and oxygen atoms in total. The molecule has 0 aliphatic carbocycles. The fraction of sp³-hybridized carbons (Fsp3) is 0.200. The highest BCUT2D eigenvalue weighted by Crippen LogP contribution is 2.38. The van der Waals surface area contributed by atoms with Gasteiger partial charge in [0.25, 0.3) is 0 Å². The molecule has 0 saturated carbocycles. The van der Waals surface area contributed by atoms with Crippen molar-refractivity contribution in [1.29, 1.82) is 0 Å². The van der Waals surface area contributed by atoms with E-state index in [0.717, 1.165) is 0 Å². The molecule has 0 unspecified atom stereocenters. The van der Waals surface area contributed by atoms with E-state index in [2.05, 4.69) is 30.4 Å². The second kappa shape index (κ2) is 7.23. The van der Waals surface area contributed by atoms with Crippen LogP contribution in [-0.2, 0) is 16.9 Å². The molecule has 5 aromatic rings. The van der Waals surface area contributed by atoms with Gasteiger partial charge < -0.3 is 4.57 Å². The van der Waals surface area contributed by atoms with Gasteiger partial charge in [-0.2, -0.15) is 18.6 Å². The summed E-state index contributed by atoms with van der Waals surface area (Å²) < 4.78 is 44.9. The quantitative estimate of drug-likeness (QED) is 0.372. The van der Waals surface area contributed by atoms with Crippen LogP contribution < -0.4 is 0 Å². The van der Waals surface area contributed by atoms with E-state index in [1.807, 2.05) is 0 Å². The van der Waals surface area contributed by atoms with Gasteiger partial charge in [-0.1, -0.05) is 11.3 Å². The van der Waals surface area contributed by atoms with E-state index in [0.29, 0.717) is 26.8 Å². The van der Waals surface area contributed by atoms with Crippen LogP contribution in [0.25, 0.3) is 33.5 Å². The third kappa shape index (κ3) is 3.64. The summed E-state index contributed by atoms with van der Waals surface area (Å²) in [5.41, 5.74) is 1.05. The van der Waals surface area contributed by atoms with Crippen LogP contribution in [0.2, 0.25) is 0 Å². The SMILES string of the molecule is CP(C)(=O)Cn1cc(-c2cnc3nnn(C(F)(F)c4ccc5ncccc5c4)c3n2)cn1. The second-order valence-corrected chi connectivity index (χ2v) is 11.3. The van der Waals surface area contributed by atoms with Crippen LogP contribution in [0.5, 0.6) is 0 Å². The topological polar surface area (TPSA) is 104 Å². The molecule has 4 heterocycles. The van der Waals surface area contributed by atoms with Crippen molar-refractivity contribution in [3.8, 4) is 11.3 Å². The monoisotopic (exact) mass is 454 g/mol. The van der Waals surface area contributed by atoms with Gasteiger partial charge in [-0.15, -0.1) is 5.10 Å². The van der Waals surface area contributed by atoms with Gasteiger partial charge in [0.1, 0.15) is 7.14 Å². The molecule has 0 saturated heterocycles. The molecule has 32 heavy (non-hydrogen) atoms. The summed E-state index contributed by atoms with van der Waals surface area (Å²) in [5.74, 6) is 0. The molecule has 0 fully saturated rings. The highest BCUT2D eigenvalue weighted by atomic mass is 31.2. The van der Waals surface area contributed by atoms with E-state index >= 15 is 8.78 Å². The molecule has 5 rings (SSSR count). The van der Waals surface area contributed by atoms with E-state index < -0.39 is 13.2 Å². The minimum absolute atomic E-state index is 0.00473. The lowest BCUT2D eigenvalue weighted by atomic mass is 10.1. The molecule has 0 spiro atoms. The first kappa shape index (κ1) is 20.3. The first-order valence-electron chi connectivity index (χ1n) is 9.59. The normalized spacial score (nSPS) is 12.6. The third-order valence-electron chi connectivity index (χ3n) is 4.80. The van der Waals surface area contributed by atoms with Gasteiger partial charge in [0.05, 0.1) is 29.9 Å². The number of alkyl halides is 2. The summed E-state index contributed by atoms with van der Waals surface area (Å²) in [6, 6.07) is 4.07. The molecular formula is C20H17F2N8OP. The summed E-state index contributed by atoms with van der Waals surface area (Å²) in [4.78, 5) is 12.6. The van der Waals surface area contributed by atoms with Crippen molar-refractivity contribution < 1.29 is 13.3 Å². The summed E-state index contributed by atoms with van der Waals surface area (Å²) >= 11 is 0. The van der Waals surface area contributed by atoms with Crippen molar-refractivity contribution >= 4 is 29.3 Å². The van der Waals surface area contributed by atoms with Crippen molar-refractivity contribution in [2.24, 2.45) is 0 Å². The van der Waals surface area contributed by atoms with Crippen LogP contribution >= 0.6 is 7.14 Å². The Kier molecular flexibility index (Phi) is 4.59. The van der Waals surface area contributed by atoms with E-state index in [-0.39, 0.29) is 23.1 Å². The van der Waals surface area contributed by atoms with E-state index in [4.69, 9.17) is 0 Å². The Morgan fingerprint density at radius 2 is 1.97 bits per heavy atom. The van der Waals surface area contributed by atoms with Crippen LogP contribution in [0.4, 0.5) is 8.78 Å². The molecule has 0 N–H and O–H groups in total. The maximum atomic E-state index is 15.4. The van der Waals surface area contributed by atoms with Crippen molar-refractivity contribution in [2.45, 2.75) is 12.3 Å². The van der Waals surface area contributed by atoms with Gasteiger partial charge in [-0.25, -0.2) is 9.97 Å². The zero-order valence-electron chi connectivity index (χ0n) is 17.1. The maximum absolute atomic E-state index is 15.4. The smallest absolute Gasteiger partial charge is 0.322 e. The Balaban J connectivity index is 1.56. The zero-order chi connectivity index (χ0) is 22.5. The fourth-order valence-corrected chi connectivity index (χ4v) is 4.20. The fourth-order valence-electron chi connectivity index (χ4n) is 3.35. The van der Waals surface area contributed by atoms with Gasteiger partial charge in [-0.3, -0.25) is 9.67 Å². The van der Waals surface area contributed by atoms with Crippen LogP contribution in [0.1, 0.15) is 5.56 Å². The Hall–Kier alpha value is -3.59. The van der Waals surface area contributed by atoms with Crippen LogP contribution in [0.15, 0.2) is 55.1 Å². The van der Waals surface area contributed by atoms with Crippen molar-refractivity contribution in [3.05, 3.63) is 60.7 Å². The molecular weight excluding hydrogens is 437 g/mol. The molecule has 0 amide bonds. The Morgan fingerprint density at radius 3 is 2.78 bits per heavy atom. The zero-order valence-corrected chi connectivity index (χ0v) is 18.0. The largest absolute Gasteiger partial charge is 0.373 e. The summed E-state index contributed by atoms with van der Waals surface area (Å²) in [5, 5.41) is 12.1. The lowest BCUT2D eigenvalue weighted by Gasteiger charge is -2.17. The standard InChI is InChI=1S/C20H17F2N8OP/c1-32(2,31)12-29-11-14(9-25-29)17-10-24-18-19(26-17)30(28-27-18)20(21,22)15-5-6-16-13(8-15)4-3-7-23-16/h3-11H,12H2,1-2H3. The molecule has 0 aliphatic heterocycles. The Bertz CT molecular complexity index is 1510.